The topological polar surface area (TPSA) is 38.7 Å². The Morgan fingerprint density at radius 3 is 2.24 bits per heavy atom. The zero-order chi connectivity index (χ0) is 15.6. The molecular formula is C15H13F3O3. The number of alkyl halides is 3. The molecule has 1 N–H and O–H groups in total. The van der Waals surface area contributed by atoms with Crippen molar-refractivity contribution in [2.45, 2.75) is 6.18 Å². The molecule has 0 aliphatic heterocycles. The summed E-state index contributed by atoms with van der Waals surface area (Å²) in [5, 5.41) is 9.52. The summed E-state index contributed by atoms with van der Waals surface area (Å²) in [5.41, 5.74) is -0.281. The molecule has 0 unspecified atom stereocenters. The Hall–Kier alpha value is -2.37. The summed E-state index contributed by atoms with van der Waals surface area (Å²) < 4.78 is 48.6. The molecule has 3 nitrogen and oxygen atoms in total. The number of phenols is 1. The summed E-state index contributed by atoms with van der Waals surface area (Å²) >= 11 is 0. The predicted molar refractivity (Wildman–Crippen MR) is 71.6 cm³/mol. The second-order valence-electron chi connectivity index (χ2n) is 4.33. The van der Waals surface area contributed by atoms with Crippen molar-refractivity contribution in [2.75, 3.05) is 14.2 Å². The largest absolute Gasteiger partial charge is 0.508 e. The number of methoxy groups -OCH3 is 2. The van der Waals surface area contributed by atoms with E-state index in [1.165, 1.54) is 20.3 Å². The van der Waals surface area contributed by atoms with Crippen LogP contribution in [-0.2, 0) is 6.18 Å². The first-order valence-corrected chi connectivity index (χ1v) is 5.99. The zero-order valence-electron chi connectivity index (χ0n) is 11.4. The first-order valence-electron chi connectivity index (χ1n) is 5.99. The van der Waals surface area contributed by atoms with Crippen molar-refractivity contribution >= 4 is 0 Å². The molecule has 21 heavy (non-hydrogen) atoms. The van der Waals surface area contributed by atoms with E-state index in [0.29, 0.717) is 23.1 Å². The minimum absolute atomic E-state index is 0.210. The molecule has 6 heteroatoms. The van der Waals surface area contributed by atoms with Gasteiger partial charge in [0.05, 0.1) is 19.8 Å². The molecule has 2 aromatic carbocycles. The number of benzene rings is 2. The van der Waals surface area contributed by atoms with Crippen LogP contribution in [0.15, 0.2) is 36.4 Å². The van der Waals surface area contributed by atoms with Crippen molar-refractivity contribution in [3.63, 3.8) is 0 Å². The Labute approximate surface area is 119 Å². The molecule has 0 atom stereocenters. The average Bonchev–Trinajstić information content (AvgIpc) is 2.45. The van der Waals surface area contributed by atoms with Gasteiger partial charge in [0.25, 0.3) is 0 Å². The molecule has 2 aromatic rings. The fourth-order valence-corrected chi connectivity index (χ4v) is 1.97. The minimum atomic E-state index is -4.53. The normalized spacial score (nSPS) is 11.3. The lowest BCUT2D eigenvalue weighted by Crippen LogP contribution is -2.04. The summed E-state index contributed by atoms with van der Waals surface area (Å²) in [5.74, 6) is 0.414. The van der Waals surface area contributed by atoms with Gasteiger partial charge < -0.3 is 14.6 Å². The van der Waals surface area contributed by atoms with Crippen molar-refractivity contribution in [3.05, 3.63) is 42.0 Å². The van der Waals surface area contributed by atoms with Crippen LogP contribution >= 0.6 is 0 Å². The summed E-state index contributed by atoms with van der Waals surface area (Å²) in [6.45, 7) is 0. The van der Waals surface area contributed by atoms with Crippen molar-refractivity contribution in [1.29, 1.82) is 0 Å². The van der Waals surface area contributed by atoms with Crippen molar-refractivity contribution in [3.8, 4) is 28.4 Å². The van der Waals surface area contributed by atoms with Crippen LogP contribution in [0.3, 0.4) is 0 Å². The van der Waals surface area contributed by atoms with Gasteiger partial charge in [-0.2, -0.15) is 13.2 Å². The smallest absolute Gasteiger partial charge is 0.416 e. The summed E-state index contributed by atoms with van der Waals surface area (Å²) in [6, 6.07) is 7.64. The Balaban J connectivity index is 2.59. The number of hydrogen-bond acceptors (Lipinski definition) is 3. The molecule has 0 fully saturated rings. The number of aromatic hydroxyl groups is 1. The predicted octanol–water partition coefficient (Wildman–Crippen LogP) is 4.10. The first kappa shape index (κ1) is 15.0. The summed E-state index contributed by atoms with van der Waals surface area (Å²) in [6.07, 6.45) is -4.53. The van der Waals surface area contributed by atoms with E-state index in [1.807, 2.05) is 0 Å². The van der Waals surface area contributed by atoms with E-state index < -0.39 is 17.5 Å². The molecule has 0 spiro atoms. The Morgan fingerprint density at radius 2 is 1.67 bits per heavy atom. The third-order valence-electron chi connectivity index (χ3n) is 2.96. The Morgan fingerprint density at radius 1 is 0.952 bits per heavy atom. The zero-order valence-corrected chi connectivity index (χ0v) is 11.4. The maximum atomic E-state index is 12.8. The standard InChI is InChI=1S/C15H13F3O3/c1-20-12-3-4-13(14(8-12)21-2)9-5-10(15(16,17)18)7-11(19)6-9/h3-8,19H,1-2H3. The van der Waals surface area contributed by atoms with Crippen molar-refractivity contribution in [1.82, 2.24) is 0 Å². The van der Waals surface area contributed by atoms with Gasteiger partial charge in [0.1, 0.15) is 17.2 Å². The lowest BCUT2D eigenvalue weighted by molar-refractivity contribution is -0.137. The van der Waals surface area contributed by atoms with Crippen LogP contribution in [0.1, 0.15) is 5.56 Å². The first-order chi connectivity index (χ1) is 9.85. The van der Waals surface area contributed by atoms with Gasteiger partial charge in [-0.25, -0.2) is 0 Å². The molecule has 0 radical (unpaired) electrons. The highest BCUT2D eigenvalue weighted by molar-refractivity contribution is 5.73. The molecule has 0 saturated carbocycles. The van der Waals surface area contributed by atoms with Gasteiger partial charge in [-0.15, -0.1) is 0 Å². The van der Waals surface area contributed by atoms with E-state index in [4.69, 9.17) is 9.47 Å². The van der Waals surface area contributed by atoms with Crippen molar-refractivity contribution < 1.29 is 27.8 Å². The van der Waals surface area contributed by atoms with Gasteiger partial charge in [0, 0.05) is 11.6 Å². The van der Waals surface area contributed by atoms with Crippen molar-refractivity contribution in [2.24, 2.45) is 0 Å². The molecule has 0 heterocycles. The molecule has 0 aliphatic carbocycles. The van der Waals surface area contributed by atoms with Gasteiger partial charge in [-0.3, -0.25) is 0 Å². The molecular weight excluding hydrogens is 285 g/mol. The highest BCUT2D eigenvalue weighted by atomic mass is 19.4. The third kappa shape index (κ3) is 3.21. The Kier molecular flexibility index (Phi) is 3.97. The maximum Gasteiger partial charge on any atom is 0.416 e. The fraction of sp³-hybridized carbons (Fsp3) is 0.200. The highest BCUT2D eigenvalue weighted by Gasteiger charge is 2.31. The van der Waals surface area contributed by atoms with Crippen LogP contribution in [0.25, 0.3) is 11.1 Å². The summed E-state index contributed by atoms with van der Waals surface area (Å²) in [4.78, 5) is 0. The number of halogens is 3. The van der Waals surface area contributed by atoms with E-state index in [0.717, 1.165) is 6.07 Å². The van der Waals surface area contributed by atoms with Crippen LogP contribution in [-0.4, -0.2) is 19.3 Å². The van der Waals surface area contributed by atoms with Crippen LogP contribution < -0.4 is 9.47 Å². The second-order valence-corrected chi connectivity index (χ2v) is 4.33. The lowest BCUT2D eigenvalue weighted by atomic mass is 10.0. The van der Waals surface area contributed by atoms with Gasteiger partial charge in [0.2, 0.25) is 0 Å². The van der Waals surface area contributed by atoms with E-state index in [2.05, 4.69) is 0 Å². The lowest BCUT2D eigenvalue weighted by Gasteiger charge is -2.13. The van der Waals surface area contributed by atoms with Crippen LogP contribution in [0.5, 0.6) is 17.2 Å². The number of rotatable bonds is 3. The molecule has 0 bridgehead atoms. The summed E-state index contributed by atoms with van der Waals surface area (Å²) in [7, 11) is 2.89. The number of ether oxygens (including phenoxy) is 2. The Bertz CT molecular complexity index is 651. The van der Waals surface area contributed by atoms with Crippen LogP contribution in [0.2, 0.25) is 0 Å². The van der Waals surface area contributed by atoms with E-state index in [1.54, 1.807) is 18.2 Å². The molecule has 0 amide bonds. The molecule has 2 rings (SSSR count). The monoisotopic (exact) mass is 298 g/mol. The van der Waals surface area contributed by atoms with Gasteiger partial charge in [0.15, 0.2) is 0 Å². The maximum absolute atomic E-state index is 12.8. The minimum Gasteiger partial charge on any atom is -0.508 e. The van der Waals surface area contributed by atoms with Crippen LogP contribution in [0.4, 0.5) is 13.2 Å². The second kappa shape index (κ2) is 5.55. The highest BCUT2D eigenvalue weighted by Crippen LogP contribution is 2.39. The molecule has 0 aromatic heterocycles. The SMILES string of the molecule is COc1ccc(-c2cc(O)cc(C(F)(F)F)c2)c(OC)c1. The molecule has 112 valence electrons. The van der Waals surface area contributed by atoms with E-state index >= 15 is 0 Å². The third-order valence-corrected chi connectivity index (χ3v) is 2.96. The number of hydrogen-bond donors (Lipinski definition) is 1. The van der Waals surface area contributed by atoms with Crippen LogP contribution in [0, 0.1) is 0 Å². The average molecular weight is 298 g/mol. The molecule has 0 aliphatic rings. The van der Waals surface area contributed by atoms with Gasteiger partial charge in [-0.05, 0) is 35.9 Å². The van der Waals surface area contributed by atoms with Gasteiger partial charge in [-0.1, -0.05) is 0 Å². The van der Waals surface area contributed by atoms with E-state index in [9.17, 15) is 18.3 Å². The fourth-order valence-electron chi connectivity index (χ4n) is 1.97. The number of phenolic OH excluding ortho intramolecular Hbond substituents is 1. The molecule has 0 saturated heterocycles. The van der Waals surface area contributed by atoms with Gasteiger partial charge >= 0.3 is 6.18 Å². The van der Waals surface area contributed by atoms with E-state index in [-0.39, 0.29) is 5.56 Å². The quantitative estimate of drug-likeness (QED) is 0.927.